The van der Waals surface area contributed by atoms with E-state index in [1.165, 1.54) is 0 Å². The van der Waals surface area contributed by atoms with E-state index in [2.05, 4.69) is 10.6 Å². The maximum absolute atomic E-state index is 11.1. The summed E-state index contributed by atoms with van der Waals surface area (Å²) in [6, 6.07) is 0.160. The minimum absolute atomic E-state index is 0.0183. The van der Waals surface area contributed by atoms with E-state index in [0.29, 0.717) is 24.8 Å². The number of nitrogens with one attached hydrogen (secondary N) is 2. The van der Waals surface area contributed by atoms with Crippen LogP contribution in [0.4, 0.5) is 0 Å². The summed E-state index contributed by atoms with van der Waals surface area (Å²) in [5, 5.41) is 6.50. The molecular weight excluding hydrogens is 214 g/mol. The molecule has 0 saturated carbocycles. The summed E-state index contributed by atoms with van der Waals surface area (Å²) >= 11 is 5.20. The van der Waals surface area contributed by atoms with Crippen molar-refractivity contribution < 1.29 is 9.53 Å². The molecule has 0 spiro atoms. The fourth-order valence-electron chi connectivity index (χ4n) is 1.41. The first-order chi connectivity index (χ1) is 7.13. The highest BCUT2D eigenvalue weighted by molar-refractivity contribution is 7.80. The van der Waals surface area contributed by atoms with Crippen molar-refractivity contribution in [1.29, 1.82) is 0 Å². The second-order valence-electron chi connectivity index (χ2n) is 3.58. The van der Waals surface area contributed by atoms with Crippen LogP contribution in [0.15, 0.2) is 0 Å². The molecule has 1 aliphatic heterocycles. The highest BCUT2D eigenvalue weighted by atomic mass is 32.1. The van der Waals surface area contributed by atoms with E-state index in [-0.39, 0.29) is 11.9 Å². The highest BCUT2D eigenvalue weighted by Gasteiger charge is 2.19. The van der Waals surface area contributed by atoms with Crippen LogP contribution < -0.4 is 10.6 Å². The minimum Gasteiger partial charge on any atom is -0.383 e. The Hall–Kier alpha value is -0.880. The average molecular weight is 231 g/mol. The number of thiocarbonyl (C=S) groups is 1. The van der Waals surface area contributed by atoms with E-state index < -0.39 is 0 Å². The van der Waals surface area contributed by atoms with Gasteiger partial charge in [0.2, 0.25) is 5.91 Å². The van der Waals surface area contributed by atoms with E-state index in [1.807, 2.05) is 11.8 Å². The molecule has 86 valence electrons. The Morgan fingerprint density at radius 3 is 3.13 bits per heavy atom. The number of piperazine rings is 1. The highest BCUT2D eigenvalue weighted by Crippen LogP contribution is 1.96. The fraction of sp³-hybridized carbons (Fsp3) is 0.778. The molecule has 0 aromatic rings. The van der Waals surface area contributed by atoms with Crippen molar-refractivity contribution in [3.8, 4) is 0 Å². The molecule has 15 heavy (non-hydrogen) atoms. The van der Waals surface area contributed by atoms with Crippen molar-refractivity contribution in [2.45, 2.75) is 13.0 Å². The minimum atomic E-state index is 0.0183. The summed E-state index contributed by atoms with van der Waals surface area (Å²) in [4.78, 5) is 13.0. The Balaban J connectivity index is 2.35. The number of carbonyl (C=O) groups excluding carboxylic acids is 1. The van der Waals surface area contributed by atoms with E-state index in [0.717, 1.165) is 6.54 Å². The van der Waals surface area contributed by atoms with E-state index in [9.17, 15) is 4.79 Å². The molecule has 0 radical (unpaired) electrons. The van der Waals surface area contributed by atoms with Gasteiger partial charge in [0.1, 0.15) is 0 Å². The topological polar surface area (TPSA) is 53.6 Å². The maximum Gasteiger partial charge on any atom is 0.239 e. The van der Waals surface area contributed by atoms with Crippen LogP contribution in [0, 0.1) is 0 Å². The van der Waals surface area contributed by atoms with Crippen molar-refractivity contribution in [2.75, 3.05) is 33.4 Å². The molecule has 1 atom stereocenters. The quantitative estimate of drug-likeness (QED) is 0.631. The van der Waals surface area contributed by atoms with Crippen LogP contribution >= 0.6 is 12.2 Å². The molecular formula is C9H17N3O2S. The van der Waals surface area contributed by atoms with Crippen molar-refractivity contribution in [1.82, 2.24) is 15.5 Å². The SMILES string of the molecule is COCC(C)NC(=S)N1CCNC(=O)C1. The monoisotopic (exact) mass is 231 g/mol. The lowest BCUT2D eigenvalue weighted by Crippen LogP contribution is -2.54. The third-order valence-corrected chi connectivity index (χ3v) is 2.49. The van der Waals surface area contributed by atoms with Gasteiger partial charge >= 0.3 is 0 Å². The van der Waals surface area contributed by atoms with E-state index in [1.54, 1.807) is 7.11 Å². The second-order valence-corrected chi connectivity index (χ2v) is 3.96. The molecule has 0 aliphatic carbocycles. The van der Waals surface area contributed by atoms with Gasteiger partial charge in [-0.25, -0.2) is 0 Å². The Labute approximate surface area is 95.1 Å². The molecule has 0 aromatic heterocycles. The predicted octanol–water partition coefficient (Wildman–Crippen LogP) is -0.672. The standard InChI is InChI=1S/C9H17N3O2S/c1-7(6-14-2)11-9(15)12-4-3-10-8(13)5-12/h7H,3-6H2,1-2H3,(H,10,13)(H,11,15). The summed E-state index contributed by atoms with van der Waals surface area (Å²) in [6.07, 6.45) is 0. The number of ether oxygens (including phenoxy) is 1. The molecule has 6 heteroatoms. The first-order valence-electron chi connectivity index (χ1n) is 4.94. The van der Waals surface area contributed by atoms with Gasteiger partial charge in [-0.05, 0) is 19.1 Å². The molecule has 1 aliphatic rings. The first kappa shape index (κ1) is 12.2. The van der Waals surface area contributed by atoms with Gasteiger partial charge in [0, 0.05) is 26.2 Å². The molecule has 0 bridgehead atoms. The third kappa shape index (κ3) is 4.01. The summed E-state index contributed by atoms with van der Waals surface area (Å²) in [5.41, 5.74) is 0. The Kier molecular flexibility index (Phi) is 4.77. The Bertz CT molecular complexity index is 248. The van der Waals surface area contributed by atoms with Crippen LogP contribution in [0.25, 0.3) is 0 Å². The van der Waals surface area contributed by atoms with E-state index in [4.69, 9.17) is 17.0 Å². The molecule has 1 heterocycles. The second kappa shape index (κ2) is 5.87. The largest absolute Gasteiger partial charge is 0.383 e. The molecule has 5 nitrogen and oxygen atoms in total. The molecule has 1 amide bonds. The molecule has 1 unspecified atom stereocenters. The average Bonchev–Trinajstić information content (AvgIpc) is 2.18. The Morgan fingerprint density at radius 2 is 2.53 bits per heavy atom. The van der Waals surface area contributed by atoms with Gasteiger partial charge in [-0.1, -0.05) is 0 Å². The lowest BCUT2D eigenvalue weighted by molar-refractivity contribution is -0.122. The van der Waals surface area contributed by atoms with Crippen LogP contribution in [0.5, 0.6) is 0 Å². The van der Waals surface area contributed by atoms with Crippen LogP contribution in [0.2, 0.25) is 0 Å². The number of nitrogens with zero attached hydrogens (tertiary/aromatic N) is 1. The fourth-order valence-corrected chi connectivity index (χ4v) is 1.76. The third-order valence-electron chi connectivity index (χ3n) is 2.11. The molecule has 0 aromatic carbocycles. The number of amides is 1. The predicted molar refractivity (Wildman–Crippen MR) is 61.7 cm³/mol. The van der Waals surface area contributed by atoms with Crippen LogP contribution in [-0.4, -0.2) is 55.3 Å². The summed E-state index contributed by atoms with van der Waals surface area (Å²) in [7, 11) is 1.65. The van der Waals surface area contributed by atoms with Crippen LogP contribution in [0.1, 0.15) is 6.92 Å². The van der Waals surface area contributed by atoms with Crippen molar-refractivity contribution in [3.63, 3.8) is 0 Å². The maximum atomic E-state index is 11.1. The number of hydrogen-bond acceptors (Lipinski definition) is 3. The van der Waals surface area contributed by atoms with Gasteiger partial charge in [-0.3, -0.25) is 4.79 Å². The summed E-state index contributed by atoms with van der Waals surface area (Å²) in [5.74, 6) is 0.0183. The van der Waals surface area contributed by atoms with Crippen LogP contribution in [-0.2, 0) is 9.53 Å². The zero-order chi connectivity index (χ0) is 11.3. The first-order valence-corrected chi connectivity index (χ1v) is 5.35. The molecule has 1 rings (SSSR count). The number of hydrogen-bond donors (Lipinski definition) is 2. The lowest BCUT2D eigenvalue weighted by Gasteiger charge is -2.30. The lowest BCUT2D eigenvalue weighted by atomic mass is 10.3. The van der Waals surface area contributed by atoms with Gasteiger partial charge < -0.3 is 20.3 Å². The summed E-state index contributed by atoms with van der Waals surface area (Å²) in [6.45, 7) is 4.34. The van der Waals surface area contributed by atoms with Gasteiger partial charge in [-0.2, -0.15) is 0 Å². The molecule has 1 saturated heterocycles. The Morgan fingerprint density at radius 1 is 1.80 bits per heavy atom. The van der Waals surface area contributed by atoms with Gasteiger partial charge in [0.05, 0.1) is 13.2 Å². The van der Waals surface area contributed by atoms with Gasteiger partial charge in [0.15, 0.2) is 5.11 Å². The molecule has 1 fully saturated rings. The normalized spacial score (nSPS) is 18.3. The zero-order valence-corrected chi connectivity index (χ0v) is 9.89. The number of methoxy groups -OCH3 is 1. The number of rotatable bonds is 3. The van der Waals surface area contributed by atoms with Crippen molar-refractivity contribution in [2.24, 2.45) is 0 Å². The van der Waals surface area contributed by atoms with Crippen molar-refractivity contribution >= 4 is 23.2 Å². The summed E-state index contributed by atoms with van der Waals surface area (Å²) < 4.78 is 4.99. The smallest absolute Gasteiger partial charge is 0.239 e. The number of carbonyl (C=O) groups is 1. The van der Waals surface area contributed by atoms with E-state index >= 15 is 0 Å². The van der Waals surface area contributed by atoms with Crippen molar-refractivity contribution in [3.05, 3.63) is 0 Å². The van der Waals surface area contributed by atoms with Crippen LogP contribution in [0.3, 0.4) is 0 Å². The van der Waals surface area contributed by atoms with Gasteiger partial charge in [0.25, 0.3) is 0 Å². The zero-order valence-electron chi connectivity index (χ0n) is 9.08. The van der Waals surface area contributed by atoms with Gasteiger partial charge in [-0.15, -0.1) is 0 Å². The molecule has 2 N–H and O–H groups in total.